The van der Waals surface area contributed by atoms with Crippen LogP contribution in [0.2, 0.25) is 0 Å². The third-order valence-corrected chi connectivity index (χ3v) is 3.08. The van der Waals surface area contributed by atoms with Gasteiger partial charge in [0.15, 0.2) is 0 Å². The van der Waals surface area contributed by atoms with Gasteiger partial charge >= 0.3 is 5.97 Å². The highest BCUT2D eigenvalue weighted by molar-refractivity contribution is 5.94. The van der Waals surface area contributed by atoms with Gasteiger partial charge in [0.1, 0.15) is 5.69 Å². The number of nitrogens with zero attached hydrogens (tertiary/aromatic N) is 2. The fraction of sp³-hybridized carbons (Fsp3) is 0.214. The van der Waals surface area contributed by atoms with E-state index >= 15 is 0 Å². The molecule has 3 N–H and O–H groups in total. The van der Waals surface area contributed by atoms with Crippen LogP contribution >= 0.6 is 0 Å². The van der Waals surface area contributed by atoms with Crippen molar-refractivity contribution < 1.29 is 9.53 Å². The Kier molecular flexibility index (Phi) is 4.01. The number of esters is 1. The summed E-state index contributed by atoms with van der Waals surface area (Å²) in [5.41, 5.74) is 8.10. The number of anilines is 1. The van der Waals surface area contributed by atoms with E-state index in [4.69, 9.17) is 12.3 Å². The van der Waals surface area contributed by atoms with E-state index < -0.39 is 5.97 Å². The second kappa shape index (κ2) is 5.89. The van der Waals surface area contributed by atoms with Crippen molar-refractivity contribution in [1.82, 2.24) is 9.97 Å². The lowest BCUT2D eigenvalue weighted by Crippen LogP contribution is -2.09. The van der Waals surface area contributed by atoms with Crippen LogP contribution in [-0.2, 0) is 4.74 Å². The third kappa shape index (κ3) is 2.47. The number of ether oxygens (including phenoxy) is 1. The smallest absolute Gasteiger partial charge is 0.356 e. The summed E-state index contributed by atoms with van der Waals surface area (Å²) in [6.45, 7) is 7.32. The van der Waals surface area contributed by atoms with Crippen molar-refractivity contribution in [3.8, 4) is 0 Å². The number of aromatic nitrogens is 2. The van der Waals surface area contributed by atoms with Gasteiger partial charge in [-0.2, -0.15) is 0 Å². The van der Waals surface area contributed by atoms with E-state index in [9.17, 15) is 4.79 Å². The number of hydrogen-bond donors (Lipinski definition) is 2. The van der Waals surface area contributed by atoms with E-state index in [1.165, 1.54) is 7.11 Å². The maximum atomic E-state index is 11.6. The molecule has 0 aromatic carbocycles. The van der Waals surface area contributed by atoms with Crippen molar-refractivity contribution in [2.24, 2.45) is 0 Å². The molecule has 0 amide bonds. The first-order valence-electron chi connectivity index (χ1n) is 5.97. The number of nitrogens with two attached hydrogens (primary N) is 1. The summed E-state index contributed by atoms with van der Waals surface area (Å²) in [6.07, 6.45) is 5.00. The summed E-state index contributed by atoms with van der Waals surface area (Å²) in [5.74, 6) is -0.752. The number of carbonyl (C=O) groups excluding carboxylic acids is 1. The number of nitrogen functional groups attached to an aromatic ring is 1. The third-order valence-electron chi connectivity index (χ3n) is 3.08. The van der Waals surface area contributed by atoms with Crippen LogP contribution in [-0.4, -0.2) is 29.6 Å². The maximum Gasteiger partial charge on any atom is 0.356 e. The molecule has 0 aliphatic heterocycles. The van der Waals surface area contributed by atoms with Gasteiger partial charge in [-0.15, -0.1) is 0 Å². The van der Waals surface area contributed by atoms with Gasteiger partial charge in [-0.3, -0.25) is 4.98 Å². The zero-order chi connectivity index (χ0) is 14.5. The molecule has 0 spiro atoms. The van der Waals surface area contributed by atoms with Gasteiger partial charge in [-0.25, -0.2) is 11.4 Å². The minimum atomic E-state index is -0.526. The lowest BCUT2D eigenvalue weighted by Gasteiger charge is -2.11. The van der Waals surface area contributed by atoms with E-state index in [0.717, 1.165) is 5.56 Å². The van der Waals surface area contributed by atoms with Crippen molar-refractivity contribution in [2.75, 3.05) is 19.4 Å². The van der Waals surface area contributed by atoms with Gasteiger partial charge in [-0.1, -0.05) is 6.07 Å². The maximum absolute atomic E-state index is 11.6. The molecule has 0 saturated heterocycles. The Morgan fingerprint density at radius 2 is 2.45 bits per heavy atom. The van der Waals surface area contributed by atoms with Crippen LogP contribution in [0.4, 0.5) is 5.69 Å². The molecule has 0 fully saturated rings. The highest BCUT2D eigenvalue weighted by Gasteiger charge is 2.25. The number of carbonyl (C=O) groups is 1. The molecule has 20 heavy (non-hydrogen) atoms. The average Bonchev–Trinajstić information content (AvgIpc) is 2.86. The van der Waals surface area contributed by atoms with Crippen molar-refractivity contribution in [2.45, 2.75) is 5.92 Å². The highest BCUT2D eigenvalue weighted by Crippen LogP contribution is 2.31. The Hall–Kier alpha value is -2.81. The quantitative estimate of drug-likeness (QED) is 0.655. The molecule has 0 bridgehead atoms. The fourth-order valence-corrected chi connectivity index (χ4v) is 2.07. The zero-order valence-corrected chi connectivity index (χ0v) is 11.0. The first kappa shape index (κ1) is 13.6. The predicted molar refractivity (Wildman–Crippen MR) is 74.1 cm³/mol. The molecule has 0 saturated carbocycles. The fourth-order valence-electron chi connectivity index (χ4n) is 2.07. The second-order valence-corrected chi connectivity index (χ2v) is 4.20. The SMILES string of the molecule is [C-]#[N+]CC(c1cccnc1)c1c[nH]c(C(=O)OC)c1N. The number of H-pyrrole nitrogens is 1. The molecule has 102 valence electrons. The lowest BCUT2D eigenvalue weighted by atomic mass is 9.93. The van der Waals surface area contributed by atoms with E-state index in [0.29, 0.717) is 11.3 Å². The summed E-state index contributed by atoms with van der Waals surface area (Å²) in [6, 6.07) is 3.68. The van der Waals surface area contributed by atoms with Gasteiger partial charge in [0.2, 0.25) is 6.54 Å². The monoisotopic (exact) mass is 270 g/mol. The normalized spacial score (nSPS) is 11.6. The van der Waals surface area contributed by atoms with Crippen LogP contribution in [0, 0.1) is 6.57 Å². The minimum Gasteiger partial charge on any atom is -0.464 e. The molecule has 0 aliphatic carbocycles. The van der Waals surface area contributed by atoms with Crippen molar-refractivity contribution >= 4 is 11.7 Å². The minimum absolute atomic E-state index is 0.210. The number of hydrogen-bond acceptors (Lipinski definition) is 4. The van der Waals surface area contributed by atoms with Crippen molar-refractivity contribution in [1.29, 1.82) is 0 Å². The first-order valence-corrected chi connectivity index (χ1v) is 5.97. The molecule has 6 nitrogen and oxygen atoms in total. The van der Waals surface area contributed by atoms with E-state index in [1.54, 1.807) is 24.7 Å². The van der Waals surface area contributed by atoms with E-state index in [1.807, 2.05) is 6.07 Å². The Morgan fingerprint density at radius 1 is 1.65 bits per heavy atom. The summed E-state index contributed by atoms with van der Waals surface area (Å²) >= 11 is 0. The zero-order valence-electron chi connectivity index (χ0n) is 11.0. The van der Waals surface area contributed by atoms with E-state index in [-0.39, 0.29) is 18.2 Å². The van der Waals surface area contributed by atoms with E-state index in [2.05, 4.69) is 19.5 Å². The lowest BCUT2D eigenvalue weighted by molar-refractivity contribution is 0.0596. The summed E-state index contributed by atoms with van der Waals surface area (Å²) in [4.78, 5) is 21.9. The molecule has 1 atom stereocenters. The van der Waals surface area contributed by atoms with Gasteiger partial charge in [-0.05, 0) is 11.6 Å². The topological polar surface area (TPSA) is 85.4 Å². The molecule has 2 aromatic rings. The molecule has 2 heterocycles. The predicted octanol–water partition coefficient (Wildman–Crippen LogP) is 1.83. The van der Waals surface area contributed by atoms with Crippen molar-refractivity contribution in [3.05, 3.63) is 59.0 Å². The highest BCUT2D eigenvalue weighted by atomic mass is 16.5. The van der Waals surface area contributed by atoms with Gasteiger partial charge in [0.25, 0.3) is 0 Å². The number of methoxy groups -OCH3 is 1. The molecule has 2 rings (SSSR count). The second-order valence-electron chi connectivity index (χ2n) is 4.20. The number of nitrogens with one attached hydrogen (secondary N) is 1. The Morgan fingerprint density at radius 3 is 3.05 bits per heavy atom. The van der Waals surface area contributed by atoms with Crippen LogP contribution in [0.25, 0.3) is 4.85 Å². The number of aromatic amines is 1. The standard InChI is InChI=1S/C14H14N4O2/c1-16-7-10(9-4-3-5-17-6-9)11-8-18-13(12(11)15)14(19)20-2/h3-6,8,10,18H,7,15H2,2H3. The number of pyridine rings is 1. The largest absolute Gasteiger partial charge is 0.464 e. The average molecular weight is 270 g/mol. The molecule has 1 unspecified atom stereocenters. The Balaban J connectivity index is 2.44. The number of rotatable bonds is 4. The molecule has 2 aromatic heterocycles. The summed E-state index contributed by atoms with van der Waals surface area (Å²) in [7, 11) is 1.29. The van der Waals surface area contributed by atoms with Gasteiger partial charge < -0.3 is 20.3 Å². The first-order chi connectivity index (χ1) is 9.69. The van der Waals surface area contributed by atoms with Crippen LogP contribution < -0.4 is 5.73 Å². The molecular weight excluding hydrogens is 256 g/mol. The molecular formula is C14H14N4O2. The van der Waals surface area contributed by atoms with Crippen molar-refractivity contribution in [3.63, 3.8) is 0 Å². The summed E-state index contributed by atoms with van der Waals surface area (Å²) in [5, 5.41) is 0. The molecule has 0 radical (unpaired) electrons. The molecule has 0 aliphatic rings. The van der Waals surface area contributed by atoms with Crippen LogP contribution in [0.5, 0.6) is 0 Å². The van der Waals surface area contributed by atoms with Crippen LogP contribution in [0.15, 0.2) is 30.7 Å². The van der Waals surface area contributed by atoms with Gasteiger partial charge in [0, 0.05) is 24.2 Å². The van der Waals surface area contributed by atoms with Crippen LogP contribution in [0.3, 0.4) is 0 Å². The van der Waals surface area contributed by atoms with Gasteiger partial charge in [0.05, 0.1) is 18.7 Å². The summed E-state index contributed by atoms with van der Waals surface area (Å²) < 4.78 is 4.65. The Bertz CT molecular complexity index is 643. The Labute approximate surface area is 116 Å². The molecule has 6 heteroatoms. The van der Waals surface area contributed by atoms with Crippen LogP contribution in [0.1, 0.15) is 27.5 Å².